The molecule has 0 fully saturated rings. The van der Waals surface area contributed by atoms with Crippen LogP contribution in [0.4, 0.5) is 0 Å². The van der Waals surface area contributed by atoms with Gasteiger partial charge >= 0.3 is 0 Å². The molecule has 0 saturated heterocycles. The van der Waals surface area contributed by atoms with Crippen LogP contribution in [0.5, 0.6) is 0 Å². The van der Waals surface area contributed by atoms with E-state index >= 15 is 0 Å². The van der Waals surface area contributed by atoms with Gasteiger partial charge in [0.25, 0.3) is 0 Å². The van der Waals surface area contributed by atoms with Gasteiger partial charge < -0.3 is 4.90 Å². The van der Waals surface area contributed by atoms with Crippen LogP contribution in [0.1, 0.15) is 11.4 Å². The van der Waals surface area contributed by atoms with Gasteiger partial charge in [0, 0.05) is 25.0 Å². The molecule has 1 aromatic rings. The van der Waals surface area contributed by atoms with Gasteiger partial charge in [-0.2, -0.15) is 0 Å². The lowest BCUT2D eigenvalue weighted by molar-refractivity contribution is 0.433. The number of aromatic nitrogens is 2. The van der Waals surface area contributed by atoms with Crippen molar-refractivity contribution >= 4 is 36.2 Å². The molecule has 0 radical (unpaired) electrons. The molecule has 4 nitrogen and oxygen atoms in total. The van der Waals surface area contributed by atoms with Crippen LogP contribution in [0.25, 0.3) is 6.08 Å². The second kappa shape index (κ2) is 7.18. The fourth-order valence-electron chi connectivity index (χ4n) is 1.30. The summed E-state index contributed by atoms with van der Waals surface area (Å²) >= 11 is 7.62. The second-order valence-corrected chi connectivity index (χ2v) is 4.61. The summed E-state index contributed by atoms with van der Waals surface area (Å²) in [6, 6.07) is 0. The van der Waals surface area contributed by atoms with E-state index in [4.69, 9.17) is 11.6 Å². The van der Waals surface area contributed by atoms with Gasteiger partial charge in [-0.15, -0.1) is 11.8 Å². The fraction of sp³-hybridized carbons (Fsp3) is 0.250. The van der Waals surface area contributed by atoms with Crippen molar-refractivity contribution in [1.29, 1.82) is 0 Å². The lowest BCUT2D eigenvalue weighted by Crippen LogP contribution is -2.13. The molecule has 0 unspecified atom stereocenters. The van der Waals surface area contributed by atoms with Gasteiger partial charge in [-0.25, -0.2) is 9.97 Å². The van der Waals surface area contributed by atoms with Crippen LogP contribution in [-0.4, -0.2) is 34.9 Å². The molecule has 18 heavy (non-hydrogen) atoms. The van der Waals surface area contributed by atoms with Gasteiger partial charge in [-0.1, -0.05) is 24.3 Å². The summed E-state index contributed by atoms with van der Waals surface area (Å²) in [5.74, 6) is 0.658. The quantitative estimate of drug-likeness (QED) is 0.457. The summed E-state index contributed by atoms with van der Waals surface area (Å²) in [4.78, 5) is 14.2. The van der Waals surface area contributed by atoms with E-state index in [9.17, 15) is 0 Å². The summed E-state index contributed by atoms with van der Waals surface area (Å²) in [6.07, 6.45) is 7.02. The maximum Gasteiger partial charge on any atom is 0.150 e. The first-order valence-electron chi connectivity index (χ1n) is 5.18. The molecular weight excluding hydrogens is 268 g/mol. The van der Waals surface area contributed by atoms with Gasteiger partial charge in [-0.3, -0.25) is 4.99 Å². The van der Waals surface area contributed by atoms with Gasteiger partial charge in [0.05, 0.1) is 6.54 Å². The molecular formula is C12H15ClN4S. The Kier molecular flexibility index (Phi) is 5.88. The molecule has 0 aliphatic rings. The van der Waals surface area contributed by atoms with Crippen LogP contribution in [-0.2, 0) is 6.54 Å². The zero-order valence-corrected chi connectivity index (χ0v) is 12.0. The molecule has 0 atom stereocenters. The molecule has 0 bridgehead atoms. The van der Waals surface area contributed by atoms with Crippen molar-refractivity contribution in [2.45, 2.75) is 11.6 Å². The molecule has 0 aliphatic carbocycles. The van der Waals surface area contributed by atoms with E-state index in [0.29, 0.717) is 17.5 Å². The van der Waals surface area contributed by atoms with E-state index in [1.807, 2.05) is 18.2 Å². The van der Waals surface area contributed by atoms with Gasteiger partial charge in [0.1, 0.15) is 10.2 Å². The Morgan fingerprint density at radius 2 is 2.22 bits per heavy atom. The normalized spacial score (nSPS) is 10.6. The molecule has 1 heterocycles. The van der Waals surface area contributed by atoms with E-state index < -0.39 is 0 Å². The molecule has 96 valence electrons. The first-order chi connectivity index (χ1) is 8.62. The van der Waals surface area contributed by atoms with Crippen LogP contribution in [0, 0.1) is 0 Å². The molecule has 1 rings (SSSR count). The van der Waals surface area contributed by atoms with E-state index in [-0.39, 0.29) is 0 Å². The standard InChI is InChI=1S/C12H15ClN4S/c1-5-9-11(13)15-10(16-12(9)18-4)8-17(3)7-6-14-2/h5-7H,1-2,8H2,3-4H3/b7-6-. The Morgan fingerprint density at radius 3 is 2.78 bits per heavy atom. The molecule has 0 amide bonds. The average Bonchev–Trinajstić information content (AvgIpc) is 2.35. The SMILES string of the molecule is C=Cc1c(Cl)nc(CN(C)/C=C\N=C)nc1SC. The maximum absolute atomic E-state index is 6.10. The Labute approximate surface area is 116 Å². The molecule has 0 saturated carbocycles. The van der Waals surface area contributed by atoms with Crippen molar-refractivity contribution in [1.82, 2.24) is 14.9 Å². The van der Waals surface area contributed by atoms with Crippen LogP contribution < -0.4 is 0 Å². The number of nitrogens with zero attached hydrogens (tertiary/aromatic N) is 4. The van der Waals surface area contributed by atoms with Crippen LogP contribution in [0.2, 0.25) is 5.15 Å². The zero-order valence-electron chi connectivity index (χ0n) is 10.4. The second-order valence-electron chi connectivity index (χ2n) is 3.45. The Balaban J connectivity index is 2.97. The lowest BCUT2D eigenvalue weighted by atomic mass is 10.3. The maximum atomic E-state index is 6.10. The van der Waals surface area contributed by atoms with Gasteiger partial charge in [0.2, 0.25) is 0 Å². The van der Waals surface area contributed by atoms with E-state index in [1.54, 1.807) is 18.5 Å². The minimum absolute atomic E-state index is 0.429. The van der Waals surface area contributed by atoms with Crippen molar-refractivity contribution < 1.29 is 0 Å². The predicted molar refractivity (Wildman–Crippen MR) is 79.1 cm³/mol. The predicted octanol–water partition coefficient (Wildman–Crippen LogP) is 3.10. The first kappa shape index (κ1) is 14.7. The lowest BCUT2D eigenvalue weighted by Gasteiger charge is -2.13. The van der Waals surface area contributed by atoms with Crippen molar-refractivity contribution in [3.05, 3.63) is 35.5 Å². The Hall–Kier alpha value is -1.33. The summed E-state index contributed by atoms with van der Waals surface area (Å²) in [5.41, 5.74) is 0.777. The summed E-state index contributed by atoms with van der Waals surface area (Å²) in [5, 5.41) is 1.26. The number of halogens is 1. The summed E-state index contributed by atoms with van der Waals surface area (Å²) in [7, 11) is 1.90. The third-order valence-corrected chi connectivity index (χ3v) is 3.11. The topological polar surface area (TPSA) is 41.4 Å². The summed E-state index contributed by atoms with van der Waals surface area (Å²) < 4.78 is 0. The van der Waals surface area contributed by atoms with Crippen molar-refractivity contribution in [3.63, 3.8) is 0 Å². The van der Waals surface area contributed by atoms with E-state index in [1.165, 1.54) is 11.8 Å². The number of hydrogen-bond donors (Lipinski definition) is 0. The number of aliphatic imine (C=N–C) groups is 1. The Bertz CT molecular complexity index is 473. The van der Waals surface area contributed by atoms with Gasteiger partial charge in [-0.05, 0) is 13.0 Å². The van der Waals surface area contributed by atoms with Crippen molar-refractivity contribution in [2.24, 2.45) is 4.99 Å². The fourth-order valence-corrected chi connectivity index (χ4v) is 2.22. The average molecular weight is 283 g/mol. The molecule has 0 aliphatic heterocycles. The summed E-state index contributed by atoms with van der Waals surface area (Å²) in [6.45, 7) is 7.64. The molecule has 0 aromatic carbocycles. The monoisotopic (exact) mass is 282 g/mol. The van der Waals surface area contributed by atoms with Gasteiger partial charge in [0.15, 0.2) is 5.82 Å². The zero-order chi connectivity index (χ0) is 13.5. The van der Waals surface area contributed by atoms with Crippen molar-refractivity contribution in [3.8, 4) is 0 Å². The van der Waals surface area contributed by atoms with Crippen LogP contribution in [0.15, 0.2) is 29.0 Å². The molecule has 0 spiro atoms. The minimum Gasteiger partial charge on any atom is -0.372 e. The highest BCUT2D eigenvalue weighted by Crippen LogP contribution is 2.25. The Morgan fingerprint density at radius 1 is 1.50 bits per heavy atom. The third kappa shape index (κ3) is 3.85. The highest BCUT2D eigenvalue weighted by atomic mass is 35.5. The highest BCUT2D eigenvalue weighted by Gasteiger charge is 2.10. The first-order valence-corrected chi connectivity index (χ1v) is 6.78. The smallest absolute Gasteiger partial charge is 0.150 e. The highest BCUT2D eigenvalue weighted by molar-refractivity contribution is 7.98. The van der Waals surface area contributed by atoms with Crippen molar-refractivity contribution in [2.75, 3.05) is 13.3 Å². The minimum atomic E-state index is 0.429. The van der Waals surface area contributed by atoms with E-state index in [0.717, 1.165) is 10.6 Å². The molecule has 6 heteroatoms. The number of thioether (sulfide) groups is 1. The third-order valence-electron chi connectivity index (χ3n) is 2.13. The van der Waals surface area contributed by atoms with Crippen LogP contribution in [0.3, 0.4) is 0 Å². The number of hydrogen-bond acceptors (Lipinski definition) is 5. The van der Waals surface area contributed by atoms with Crippen LogP contribution >= 0.6 is 23.4 Å². The molecule has 0 N–H and O–H groups in total. The molecule has 1 aromatic heterocycles. The largest absolute Gasteiger partial charge is 0.372 e. The van der Waals surface area contributed by atoms with E-state index in [2.05, 4.69) is 28.3 Å². The number of rotatable bonds is 6.